The third-order valence-corrected chi connectivity index (χ3v) is 11.9. The zero-order chi connectivity index (χ0) is 31.2. The Morgan fingerprint density at radius 1 is 0.500 bits per heavy atom. The highest BCUT2D eigenvalue weighted by Gasteiger charge is 2.36. The van der Waals surface area contributed by atoms with Crippen molar-refractivity contribution in [1.29, 1.82) is 0 Å². The van der Waals surface area contributed by atoms with E-state index in [0.717, 1.165) is 12.8 Å². The molecule has 0 aromatic carbocycles. The van der Waals surface area contributed by atoms with Gasteiger partial charge in [-0.1, -0.05) is 79.1 Å². The van der Waals surface area contributed by atoms with Crippen molar-refractivity contribution in [3.8, 4) is 0 Å². The van der Waals surface area contributed by atoms with Gasteiger partial charge in [-0.2, -0.15) is 0 Å². The summed E-state index contributed by atoms with van der Waals surface area (Å²) in [7, 11) is -1.69. The van der Waals surface area contributed by atoms with Crippen LogP contribution in [0.2, 0.25) is 18.1 Å². The second-order valence-electron chi connectivity index (χ2n) is 12.1. The van der Waals surface area contributed by atoms with Crippen molar-refractivity contribution < 1.29 is 42.4 Å². The fourth-order valence-corrected chi connectivity index (χ4v) is 4.67. The van der Waals surface area contributed by atoms with Crippen molar-refractivity contribution in [3.05, 3.63) is 0 Å². The monoisotopic (exact) mass is 622 g/mol. The van der Waals surface area contributed by atoms with Crippen LogP contribution in [0.25, 0.3) is 0 Å². The zero-order valence-electron chi connectivity index (χ0n) is 28.1. The lowest BCUT2D eigenvalue weighted by molar-refractivity contribution is -0.145. The van der Waals surface area contributed by atoms with Crippen molar-refractivity contribution in [3.63, 3.8) is 0 Å². The second kappa shape index (κ2) is 29.1. The van der Waals surface area contributed by atoms with Crippen molar-refractivity contribution >= 4 is 14.3 Å². The molecule has 0 N–H and O–H groups in total. The summed E-state index contributed by atoms with van der Waals surface area (Å²) in [4.78, 5) is 11.8. The third-order valence-electron chi connectivity index (χ3n) is 7.33. The average molecular weight is 623 g/mol. The molecule has 9 nitrogen and oxygen atoms in total. The van der Waals surface area contributed by atoms with Crippen LogP contribution in [0.1, 0.15) is 91.9 Å². The summed E-state index contributed by atoms with van der Waals surface area (Å²) in [6.07, 6.45) is 11.7. The Hall–Kier alpha value is -0.593. The predicted molar refractivity (Wildman–Crippen MR) is 171 cm³/mol. The number of ether oxygens (including phenoxy) is 7. The van der Waals surface area contributed by atoms with Gasteiger partial charge in [0.1, 0.15) is 6.61 Å². The minimum Gasteiger partial charge on any atom is -0.463 e. The van der Waals surface area contributed by atoms with Crippen molar-refractivity contribution in [2.45, 2.75) is 110 Å². The zero-order valence-corrected chi connectivity index (χ0v) is 29.1. The van der Waals surface area contributed by atoms with E-state index in [4.69, 9.17) is 37.6 Å². The van der Waals surface area contributed by atoms with E-state index in [0.29, 0.717) is 98.9 Å². The van der Waals surface area contributed by atoms with Crippen LogP contribution in [-0.2, 0) is 42.4 Å². The molecule has 0 aliphatic heterocycles. The summed E-state index contributed by atoms with van der Waals surface area (Å²) in [5, 5.41) is 0.219. The van der Waals surface area contributed by atoms with Gasteiger partial charge in [-0.3, -0.25) is 4.79 Å². The number of unbranched alkanes of at least 4 members (excludes halogenated alkanes) is 8. The molecule has 0 saturated heterocycles. The van der Waals surface area contributed by atoms with E-state index >= 15 is 0 Å². The van der Waals surface area contributed by atoms with Crippen LogP contribution in [0.5, 0.6) is 0 Å². The lowest BCUT2D eigenvalue weighted by Crippen LogP contribution is -2.41. The molecule has 0 aromatic rings. The Bertz CT molecular complexity index is 585. The Morgan fingerprint density at radius 2 is 0.833 bits per heavy atom. The molecule has 0 atom stereocenters. The maximum atomic E-state index is 11.8. The van der Waals surface area contributed by atoms with E-state index in [1.165, 1.54) is 44.9 Å². The maximum Gasteiger partial charge on any atom is 0.305 e. The SMILES string of the molecule is CCCCCCCCCCCC(=O)OCCOCCOCCOCCOCCOCCOCCO[Si](C)(C)C(C)(C)C. The van der Waals surface area contributed by atoms with Crippen LogP contribution in [0.15, 0.2) is 0 Å². The lowest BCUT2D eigenvalue weighted by Gasteiger charge is -2.36. The smallest absolute Gasteiger partial charge is 0.305 e. The van der Waals surface area contributed by atoms with Gasteiger partial charge >= 0.3 is 5.97 Å². The van der Waals surface area contributed by atoms with Gasteiger partial charge in [0.05, 0.1) is 85.9 Å². The van der Waals surface area contributed by atoms with Crippen molar-refractivity contribution in [1.82, 2.24) is 0 Å². The maximum absolute atomic E-state index is 11.8. The van der Waals surface area contributed by atoms with Crippen molar-refractivity contribution in [2.24, 2.45) is 0 Å². The van der Waals surface area contributed by atoms with Gasteiger partial charge in [-0.05, 0) is 24.6 Å². The molecule has 0 amide bonds. The fourth-order valence-electron chi connectivity index (χ4n) is 3.64. The Morgan fingerprint density at radius 3 is 1.21 bits per heavy atom. The van der Waals surface area contributed by atoms with E-state index in [-0.39, 0.29) is 11.0 Å². The van der Waals surface area contributed by atoms with E-state index in [1.54, 1.807) is 0 Å². The second-order valence-corrected chi connectivity index (χ2v) is 16.9. The van der Waals surface area contributed by atoms with Crippen LogP contribution in [0.3, 0.4) is 0 Å². The van der Waals surface area contributed by atoms with E-state index in [9.17, 15) is 4.79 Å². The molecule has 0 saturated carbocycles. The molecule has 0 aliphatic carbocycles. The summed E-state index contributed by atoms with van der Waals surface area (Å²) in [6, 6.07) is 0. The summed E-state index contributed by atoms with van der Waals surface area (Å²) in [5.74, 6) is -0.129. The van der Waals surface area contributed by atoms with Gasteiger partial charge in [0.2, 0.25) is 0 Å². The van der Waals surface area contributed by atoms with E-state index < -0.39 is 8.32 Å². The first-order chi connectivity index (χ1) is 20.2. The molecule has 0 spiro atoms. The molecular formula is C32H66O9Si. The molecule has 0 aromatic heterocycles. The highest BCUT2D eigenvalue weighted by molar-refractivity contribution is 6.74. The Kier molecular flexibility index (Phi) is 28.7. The number of carbonyl (C=O) groups is 1. The van der Waals surface area contributed by atoms with E-state index in [1.807, 2.05) is 0 Å². The molecule has 0 rings (SSSR count). The first-order valence-corrected chi connectivity index (χ1v) is 19.4. The average Bonchev–Trinajstić information content (AvgIpc) is 2.94. The summed E-state index contributed by atoms with van der Waals surface area (Å²) >= 11 is 0. The molecule has 252 valence electrons. The molecule has 0 unspecified atom stereocenters. The van der Waals surface area contributed by atoms with E-state index in [2.05, 4.69) is 40.8 Å². The fraction of sp³-hybridized carbons (Fsp3) is 0.969. The largest absolute Gasteiger partial charge is 0.463 e. The third kappa shape index (κ3) is 28.2. The number of rotatable bonds is 32. The molecule has 0 fully saturated rings. The van der Waals surface area contributed by atoms with Crippen molar-refractivity contribution in [2.75, 3.05) is 92.5 Å². The molecule has 0 bridgehead atoms. The predicted octanol–water partition coefficient (Wildman–Crippen LogP) is 6.57. The molecule has 0 heterocycles. The van der Waals surface area contributed by atoms with Gasteiger partial charge in [-0.25, -0.2) is 0 Å². The number of hydrogen-bond acceptors (Lipinski definition) is 9. The van der Waals surface area contributed by atoms with Gasteiger partial charge < -0.3 is 37.6 Å². The van der Waals surface area contributed by atoms with Crippen LogP contribution in [0, 0.1) is 0 Å². The number of carbonyl (C=O) groups excluding carboxylic acids is 1. The number of esters is 1. The summed E-state index contributed by atoms with van der Waals surface area (Å²) in [5.41, 5.74) is 0. The highest BCUT2D eigenvalue weighted by atomic mass is 28.4. The summed E-state index contributed by atoms with van der Waals surface area (Å²) in [6.45, 7) is 20.5. The standard InChI is InChI=1S/C32H66O9Si/c1-7-8-9-10-11-12-13-14-15-16-31(33)40-29-27-38-25-23-36-21-19-34-17-18-35-20-22-37-24-26-39-28-30-41-42(5,6)32(2,3)4/h7-30H2,1-6H3. The molecule has 0 aliphatic rings. The summed E-state index contributed by atoms with van der Waals surface area (Å²) < 4.78 is 44.3. The van der Waals surface area contributed by atoms with Crippen LogP contribution >= 0.6 is 0 Å². The molecule has 42 heavy (non-hydrogen) atoms. The van der Waals surface area contributed by atoms with Gasteiger partial charge in [-0.15, -0.1) is 0 Å². The Balaban J connectivity index is 3.21. The van der Waals surface area contributed by atoms with Crippen LogP contribution < -0.4 is 0 Å². The molecular weight excluding hydrogens is 556 g/mol. The minimum absolute atomic E-state index is 0.129. The normalized spacial score (nSPS) is 12.2. The molecule has 10 heteroatoms. The Labute approximate surface area is 259 Å². The number of hydrogen-bond donors (Lipinski definition) is 0. The highest BCUT2D eigenvalue weighted by Crippen LogP contribution is 2.36. The molecule has 0 radical (unpaired) electrons. The lowest BCUT2D eigenvalue weighted by atomic mass is 10.1. The van der Waals surface area contributed by atoms with Gasteiger partial charge in [0.25, 0.3) is 0 Å². The van der Waals surface area contributed by atoms with Gasteiger partial charge in [0.15, 0.2) is 8.32 Å². The van der Waals surface area contributed by atoms with Gasteiger partial charge in [0, 0.05) is 6.42 Å². The quantitative estimate of drug-likeness (QED) is 0.0469. The van der Waals surface area contributed by atoms with Crippen LogP contribution in [-0.4, -0.2) is 107 Å². The topological polar surface area (TPSA) is 90.9 Å². The van der Waals surface area contributed by atoms with Crippen LogP contribution in [0.4, 0.5) is 0 Å². The minimum atomic E-state index is -1.69. The first kappa shape index (κ1) is 41.4. The first-order valence-electron chi connectivity index (χ1n) is 16.5.